The lowest BCUT2D eigenvalue weighted by molar-refractivity contribution is -0.143. The highest BCUT2D eigenvalue weighted by Crippen LogP contribution is 2.34. The van der Waals surface area contributed by atoms with Gasteiger partial charge in [0, 0.05) is 6.54 Å². The van der Waals surface area contributed by atoms with Crippen molar-refractivity contribution in [3.8, 4) is 11.4 Å². The third-order valence-corrected chi connectivity index (χ3v) is 5.18. The van der Waals surface area contributed by atoms with Gasteiger partial charge in [0.15, 0.2) is 5.69 Å². The fourth-order valence-electron chi connectivity index (χ4n) is 3.50. The summed E-state index contributed by atoms with van der Waals surface area (Å²) in [5.74, 6) is -0.188. The van der Waals surface area contributed by atoms with Crippen molar-refractivity contribution >= 4 is 5.91 Å². The van der Waals surface area contributed by atoms with Crippen molar-refractivity contribution in [3.63, 3.8) is 0 Å². The van der Waals surface area contributed by atoms with Gasteiger partial charge < -0.3 is 15.0 Å². The Morgan fingerprint density at radius 3 is 2.53 bits per heavy atom. The summed E-state index contributed by atoms with van der Waals surface area (Å²) in [6.45, 7) is 1.79. The number of alkyl halides is 3. The molecule has 0 fully saturated rings. The largest absolute Gasteiger partial charge is 0.497 e. The van der Waals surface area contributed by atoms with Crippen LogP contribution in [0, 0.1) is 6.92 Å². The smallest absolute Gasteiger partial charge is 0.434 e. The number of nitrogens with one attached hydrogen (secondary N) is 1. The van der Waals surface area contributed by atoms with E-state index in [-0.39, 0.29) is 18.3 Å². The summed E-state index contributed by atoms with van der Waals surface area (Å²) in [4.78, 5) is 14.7. The summed E-state index contributed by atoms with van der Waals surface area (Å²) >= 11 is 0. The van der Waals surface area contributed by atoms with E-state index in [4.69, 9.17) is 4.74 Å². The Morgan fingerprint density at radius 1 is 1.19 bits per heavy atom. The lowest BCUT2D eigenvalue weighted by atomic mass is 10.1. The van der Waals surface area contributed by atoms with Crippen LogP contribution in [0.3, 0.4) is 0 Å². The van der Waals surface area contributed by atoms with Crippen molar-refractivity contribution in [2.24, 2.45) is 0 Å². The molecular weight excluding hydrogens is 421 g/mol. The number of amides is 1. The van der Waals surface area contributed by atoms with Gasteiger partial charge in [-0.25, -0.2) is 4.68 Å². The van der Waals surface area contributed by atoms with Crippen molar-refractivity contribution in [1.82, 2.24) is 20.0 Å². The zero-order valence-corrected chi connectivity index (χ0v) is 18.3. The lowest BCUT2D eigenvalue weighted by Gasteiger charge is -2.25. The van der Waals surface area contributed by atoms with E-state index in [1.54, 1.807) is 38.3 Å². The number of aryl methyl sites for hydroxylation is 1. The van der Waals surface area contributed by atoms with E-state index >= 15 is 0 Å². The van der Waals surface area contributed by atoms with Crippen LogP contribution in [-0.4, -0.2) is 48.3 Å². The highest BCUT2D eigenvalue weighted by Gasteiger charge is 2.40. The van der Waals surface area contributed by atoms with Crippen LogP contribution in [0.4, 0.5) is 13.2 Å². The Balaban J connectivity index is 1.90. The standard InChI is InChI=1S/C23H25F3N4O2/c1-15-8-5-6-11-19(15)30-21(23(24,25)26)18(13-28-30)22(31)27-14-20(29(2)3)16-9-7-10-17(12-16)32-4/h5-13,20H,14H2,1-4H3,(H,27,31). The Hall–Kier alpha value is -3.33. The molecule has 0 aliphatic heterocycles. The van der Waals surface area contributed by atoms with Gasteiger partial charge in [0.25, 0.3) is 5.91 Å². The minimum atomic E-state index is -4.76. The first-order valence-corrected chi connectivity index (χ1v) is 9.93. The van der Waals surface area contributed by atoms with Gasteiger partial charge in [0.05, 0.1) is 30.6 Å². The van der Waals surface area contributed by atoms with Crippen LogP contribution in [0.15, 0.2) is 54.7 Å². The number of rotatable bonds is 7. The summed E-state index contributed by atoms with van der Waals surface area (Å²) in [7, 11) is 5.21. The predicted octanol–water partition coefficient (Wildman–Crippen LogP) is 4.24. The molecule has 0 aliphatic carbocycles. The molecule has 1 amide bonds. The Kier molecular flexibility index (Phi) is 6.88. The minimum Gasteiger partial charge on any atom is -0.497 e. The van der Waals surface area contributed by atoms with Gasteiger partial charge in [-0.15, -0.1) is 0 Å². The molecule has 1 aromatic heterocycles. The number of carbonyl (C=O) groups excluding carboxylic acids is 1. The average molecular weight is 446 g/mol. The van der Waals surface area contributed by atoms with E-state index in [9.17, 15) is 18.0 Å². The Morgan fingerprint density at radius 2 is 1.91 bits per heavy atom. The number of nitrogens with zero attached hydrogens (tertiary/aromatic N) is 3. The molecule has 9 heteroatoms. The summed E-state index contributed by atoms with van der Waals surface area (Å²) in [5, 5.41) is 6.52. The molecule has 6 nitrogen and oxygen atoms in total. The van der Waals surface area contributed by atoms with Gasteiger partial charge in [0.1, 0.15) is 5.75 Å². The highest BCUT2D eigenvalue weighted by atomic mass is 19.4. The van der Waals surface area contributed by atoms with Crippen molar-refractivity contribution < 1.29 is 22.7 Å². The van der Waals surface area contributed by atoms with Gasteiger partial charge in [-0.3, -0.25) is 4.79 Å². The average Bonchev–Trinajstić information content (AvgIpc) is 3.19. The quantitative estimate of drug-likeness (QED) is 0.590. The van der Waals surface area contributed by atoms with E-state index in [1.807, 2.05) is 37.2 Å². The summed E-state index contributed by atoms with van der Waals surface area (Å²) in [6.07, 6.45) is -3.81. The zero-order chi connectivity index (χ0) is 23.5. The van der Waals surface area contributed by atoms with Crippen LogP contribution in [0.25, 0.3) is 5.69 Å². The van der Waals surface area contributed by atoms with Gasteiger partial charge in [-0.1, -0.05) is 30.3 Å². The van der Waals surface area contributed by atoms with Crippen LogP contribution < -0.4 is 10.1 Å². The molecule has 3 rings (SSSR count). The molecule has 1 heterocycles. The second kappa shape index (κ2) is 9.44. The maximum atomic E-state index is 13.9. The Bertz CT molecular complexity index is 1090. The second-order valence-electron chi connectivity index (χ2n) is 7.57. The molecular formula is C23H25F3N4O2. The molecule has 1 atom stereocenters. The Labute approximate surface area is 184 Å². The van der Waals surface area contributed by atoms with Crippen molar-refractivity contribution in [1.29, 1.82) is 0 Å². The first-order valence-electron chi connectivity index (χ1n) is 9.93. The molecule has 2 aromatic carbocycles. The van der Waals surface area contributed by atoms with E-state index < -0.39 is 23.3 Å². The molecule has 0 saturated heterocycles. The minimum absolute atomic E-state index is 0.103. The topological polar surface area (TPSA) is 59.4 Å². The number of hydrogen-bond donors (Lipinski definition) is 1. The number of benzene rings is 2. The van der Waals surface area contributed by atoms with E-state index in [1.165, 1.54) is 6.07 Å². The molecule has 0 saturated carbocycles. The number of ether oxygens (including phenoxy) is 1. The van der Waals surface area contributed by atoms with Crippen LogP contribution in [0.2, 0.25) is 0 Å². The lowest BCUT2D eigenvalue weighted by Crippen LogP contribution is -2.35. The molecule has 170 valence electrons. The number of likely N-dealkylation sites (N-methyl/N-ethyl adjacent to an activating group) is 1. The van der Waals surface area contributed by atoms with E-state index in [2.05, 4.69) is 10.4 Å². The van der Waals surface area contributed by atoms with Crippen molar-refractivity contribution in [2.75, 3.05) is 27.7 Å². The fraction of sp³-hybridized carbons (Fsp3) is 0.304. The van der Waals surface area contributed by atoms with Crippen LogP contribution in [0.1, 0.15) is 33.2 Å². The normalized spacial score (nSPS) is 12.6. The third kappa shape index (κ3) is 4.94. The number of methoxy groups -OCH3 is 1. The third-order valence-electron chi connectivity index (χ3n) is 5.18. The van der Waals surface area contributed by atoms with E-state index in [0.717, 1.165) is 16.4 Å². The number of aromatic nitrogens is 2. The van der Waals surface area contributed by atoms with Crippen LogP contribution in [0.5, 0.6) is 5.75 Å². The number of hydrogen-bond acceptors (Lipinski definition) is 4. The molecule has 0 spiro atoms. The maximum Gasteiger partial charge on any atom is 0.434 e. The maximum absolute atomic E-state index is 13.9. The SMILES string of the molecule is COc1cccc(C(CNC(=O)c2cnn(-c3ccccc3C)c2C(F)(F)F)N(C)C)c1. The molecule has 32 heavy (non-hydrogen) atoms. The predicted molar refractivity (Wildman–Crippen MR) is 115 cm³/mol. The number of carbonyl (C=O) groups is 1. The zero-order valence-electron chi connectivity index (χ0n) is 18.3. The fourth-order valence-corrected chi connectivity index (χ4v) is 3.50. The van der Waals surface area contributed by atoms with Gasteiger partial charge >= 0.3 is 6.18 Å². The summed E-state index contributed by atoms with van der Waals surface area (Å²) in [5.41, 5.74) is 0.109. The first kappa shape index (κ1) is 23.3. The monoisotopic (exact) mass is 446 g/mol. The second-order valence-corrected chi connectivity index (χ2v) is 7.57. The summed E-state index contributed by atoms with van der Waals surface area (Å²) < 4.78 is 47.8. The van der Waals surface area contributed by atoms with Crippen molar-refractivity contribution in [2.45, 2.75) is 19.1 Å². The molecule has 1 N–H and O–H groups in total. The number of para-hydroxylation sites is 1. The summed E-state index contributed by atoms with van der Waals surface area (Å²) in [6, 6.07) is 13.6. The molecule has 0 radical (unpaired) electrons. The molecule has 3 aromatic rings. The molecule has 0 aliphatic rings. The van der Waals surface area contributed by atoms with Gasteiger partial charge in [-0.05, 0) is 50.3 Å². The number of halogens is 3. The van der Waals surface area contributed by atoms with E-state index in [0.29, 0.717) is 11.3 Å². The van der Waals surface area contributed by atoms with Crippen molar-refractivity contribution in [3.05, 3.63) is 77.1 Å². The molecule has 1 unspecified atom stereocenters. The molecule has 0 bridgehead atoms. The first-order chi connectivity index (χ1) is 15.1. The van der Waals surface area contributed by atoms with Crippen LogP contribution in [-0.2, 0) is 6.18 Å². The van der Waals surface area contributed by atoms with Gasteiger partial charge in [-0.2, -0.15) is 18.3 Å². The highest BCUT2D eigenvalue weighted by molar-refractivity contribution is 5.95. The van der Waals surface area contributed by atoms with Gasteiger partial charge in [0.2, 0.25) is 0 Å². The van der Waals surface area contributed by atoms with Crippen LogP contribution >= 0.6 is 0 Å².